The van der Waals surface area contributed by atoms with Crippen molar-refractivity contribution >= 4 is 44.6 Å². The zero-order valence-corrected chi connectivity index (χ0v) is 14.6. The van der Waals surface area contributed by atoms with Gasteiger partial charge >= 0.3 is 0 Å². The smallest absolute Gasteiger partial charge is 0.175 e. The Morgan fingerprint density at radius 1 is 1.00 bits per heavy atom. The first kappa shape index (κ1) is 15.8. The van der Waals surface area contributed by atoms with Crippen molar-refractivity contribution in [1.29, 1.82) is 0 Å². The summed E-state index contributed by atoms with van der Waals surface area (Å²) in [4.78, 5) is 0. The minimum Gasteiger partial charge on any atom is -0.495 e. The molecule has 0 unspecified atom stereocenters. The van der Waals surface area contributed by atoms with Crippen LogP contribution in [0.4, 0.5) is 11.4 Å². The molecule has 110 valence electrons. The Kier molecular flexibility index (Phi) is 5.20. The van der Waals surface area contributed by atoms with E-state index in [1.54, 1.807) is 7.11 Å². The molecule has 0 aliphatic carbocycles. The fourth-order valence-electron chi connectivity index (χ4n) is 1.92. The van der Waals surface area contributed by atoms with Gasteiger partial charge in [-0.1, -0.05) is 12.1 Å². The SMILES string of the molecule is COc1ccc(C)cc1NC(=S)Nc1ccc(C)cc1Br. The van der Waals surface area contributed by atoms with Crippen molar-refractivity contribution in [3.05, 3.63) is 52.0 Å². The molecule has 2 aromatic carbocycles. The highest BCUT2D eigenvalue weighted by molar-refractivity contribution is 9.10. The molecular weight excluding hydrogens is 348 g/mol. The lowest BCUT2D eigenvalue weighted by Gasteiger charge is -2.15. The van der Waals surface area contributed by atoms with Crippen LogP contribution in [-0.2, 0) is 0 Å². The predicted octanol–water partition coefficient (Wildman–Crippen LogP) is 4.88. The molecule has 0 fully saturated rings. The van der Waals surface area contributed by atoms with E-state index in [0.717, 1.165) is 27.2 Å². The van der Waals surface area contributed by atoms with Crippen molar-refractivity contribution in [2.45, 2.75) is 13.8 Å². The summed E-state index contributed by atoms with van der Waals surface area (Å²) in [5.41, 5.74) is 4.09. The number of ether oxygens (including phenoxy) is 1. The number of anilines is 2. The second-order valence-electron chi connectivity index (χ2n) is 4.77. The Balaban J connectivity index is 2.13. The molecule has 0 bridgehead atoms. The average Bonchev–Trinajstić information content (AvgIpc) is 2.42. The maximum atomic E-state index is 5.36. The zero-order valence-electron chi connectivity index (χ0n) is 12.2. The summed E-state index contributed by atoms with van der Waals surface area (Å²) in [5.74, 6) is 0.757. The van der Waals surface area contributed by atoms with Gasteiger partial charge in [-0.3, -0.25) is 0 Å². The van der Waals surface area contributed by atoms with E-state index in [9.17, 15) is 0 Å². The fraction of sp³-hybridized carbons (Fsp3) is 0.188. The van der Waals surface area contributed by atoms with E-state index in [2.05, 4.69) is 26.6 Å². The minimum atomic E-state index is 0.517. The lowest BCUT2D eigenvalue weighted by molar-refractivity contribution is 0.417. The number of nitrogens with one attached hydrogen (secondary N) is 2. The number of rotatable bonds is 3. The molecular formula is C16H17BrN2OS. The van der Waals surface area contributed by atoms with Gasteiger partial charge in [0, 0.05) is 4.47 Å². The molecule has 0 radical (unpaired) electrons. The average molecular weight is 365 g/mol. The van der Waals surface area contributed by atoms with Gasteiger partial charge in [0.1, 0.15) is 5.75 Å². The summed E-state index contributed by atoms with van der Waals surface area (Å²) in [7, 11) is 1.64. The van der Waals surface area contributed by atoms with Crippen LogP contribution in [0.25, 0.3) is 0 Å². The molecule has 3 nitrogen and oxygen atoms in total. The topological polar surface area (TPSA) is 33.3 Å². The maximum absolute atomic E-state index is 5.36. The summed E-state index contributed by atoms with van der Waals surface area (Å²) in [6, 6.07) is 12.0. The zero-order chi connectivity index (χ0) is 15.4. The first-order valence-corrected chi connectivity index (χ1v) is 7.68. The van der Waals surface area contributed by atoms with E-state index in [1.807, 2.05) is 50.2 Å². The van der Waals surface area contributed by atoms with E-state index in [4.69, 9.17) is 17.0 Å². The quantitative estimate of drug-likeness (QED) is 0.760. The lowest BCUT2D eigenvalue weighted by atomic mass is 10.2. The molecule has 2 N–H and O–H groups in total. The van der Waals surface area contributed by atoms with Crippen LogP contribution in [0.15, 0.2) is 40.9 Å². The molecule has 0 atom stereocenters. The van der Waals surface area contributed by atoms with Crippen LogP contribution in [-0.4, -0.2) is 12.2 Å². The minimum absolute atomic E-state index is 0.517. The molecule has 0 aromatic heterocycles. The van der Waals surface area contributed by atoms with Crippen molar-refractivity contribution in [1.82, 2.24) is 0 Å². The third kappa shape index (κ3) is 4.19. The first-order chi connectivity index (χ1) is 9.99. The maximum Gasteiger partial charge on any atom is 0.175 e. The fourth-order valence-corrected chi connectivity index (χ4v) is 2.73. The standard InChI is InChI=1S/C16H17BrN2OS/c1-10-4-6-13(12(17)8-10)18-16(21)19-14-9-11(2)5-7-15(14)20-3/h4-9H,1-3H3,(H2,18,19,21). The Labute approximate surface area is 138 Å². The molecule has 2 aromatic rings. The van der Waals surface area contributed by atoms with Gasteiger partial charge in [-0.25, -0.2) is 0 Å². The summed E-state index contributed by atoms with van der Waals surface area (Å²) in [6.07, 6.45) is 0. The van der Waals surface area contributed by atoms with Gasteiger partial charge in [0.2, 0.25) is 0 Å². The molecule has 0 spiro atoms. The molecule has 0 heterocycles. The van der Waals surface area contributed by atoms with Gasteiger partial charge in [0.05, 0.1) is 18.5 Å². The van der Waals surface area contributed by atoms with Crippen LogP contribution in [0.2, 0.25) is 0 Å². The van der Waals surface area contributed by atoms with Gasteiger partial charge in [0.15, 0.2) is 5.11 Å². The normalized spacial score (nSPS) is 10.1. The number of halogens is 1. The van der Waals surface area contributed by atoms with Crippen molar-refractivity contribution < 1.29 is 4.74 Å². The highest BCUT2D eigenvalue weighted by Crippen LogP contribution is 2.27. The number of hydrogen-bond acceptors (Lipinski definition) is 2. The summed E-state index contributed by atoms with van der Waals surface area (Å²) >= 11 is 8.89. The monoisotopic (exact) mass is 364 g/mol. The number of hydrogen-bond donors (Lipinski definition) is 2. The van der Waals surface area contributed by atoms with Gasteiger partial charge in [-0.15, -0.1) is 0 Å². The first-order valence-electron chi connectivity index (χ1n) is 6.48. The molecule has 0 aliphatic rings. The molecule has 0 amide bonds. The van der Waals surface area contributed by atoms with Crippen molar-refractivity contribution in [3.63, 3.8) is 0 Å². The summed E-state index contributed by atoms with van der Waals surface area (Å²) in [5, 5.41) is 6.86. The Hall–Kier alpha value is -1.59. The number of aryl methyl sites for hydroxylation is 2. The highest BCUT2D eigenvalue weighted by Gasteiger charge is 2.07. The highest BCUT2D eigenvalue weighted by atomic mass is 79.9. The van der Waals surface area contributed by atoms with Gasteiger partial charge in [0.25, 0.3) is 0 Å². The number of benzene rings is 2. The predicted molar refractivity (Wildman–Crippen MR) is 96.5 cm³/mol. The number of thiocarbonyl (C=S) groups is 1. The second kappa shape index (κ2) is 6.91. The Bertz CT molecular complexity index is 673. The second-order valence-corrected chi connectivity index (χ2v) is 6.03. The summed E-state index contributed by atoms with van der Waals surface area (Å²) in [6.45, 7) is 4.07. The van der Waals surface area contributed by atoms with Crippen LogP contribution in [0.3, 0.4) is 0 Å². The number of methoxy groups -OCH3 is 1. The molecule has 0 aliphatic heterocycles. The van der Waals surface area contributed by atoms with Gasteiger partial charge in [-0.05, 0) is 77.4 Å². The third-order valence-corrected chi connectivity index (χ3v) is 3.84. The van der Waals surface area contributed by atoms with Crippen molar-refractivity contribution in [3.8, 4) is 5.75 Å². The Morgan fingerprint density at radius 3 is 2.29 bits per heavy atom. The van der Waals surface area contributed by atoms with Gasteiger partial charge < -0.3 is 15.4 Å². The van der Waals surface area contributed by atoms with Crippen molar-refractivity contribution in [2.24, 2.45) is 0 Å². The van der Waals surface area contributed by atoms with Crippen LogP contribution in [0.5, 0.6) is 5.75 Å². The van der Waals surface area contributed by atoms with E-state index in [0.29, 0.717) is 5.11 Å². The van der Waals surface area contributed by atoms with E-state index < -0.39 is 0 Å². The van der Waals surface area contributed by atoms with Gasteiger partial charge in [-0.2, -0.15) is 0 Å². The largest absolute Gasteiger partial charge is 0.495 e. The Morgan fingerprint density at radius 2 is 1.62 bits per heavy atom. The summed E-state index contributed by atoms with van der Waals surface area (Å²) < 4.78 is 6.31. The lowest BCUT2D eigenvalue weighted by Crippen LogP contribution is -2.19. The van der Waals surface area contributed by atoms with Crippen LogP contribution in [0.1, 0.15) is 11.1 Å². The van der Waals surface area contributed by atoms with Crippen LogP contribution >= 0.6 is 28.1 Å². The van der Waals surface area contributed by atoms with E-state index >= 15 is 0 Å². The molecule has 0 saturated heterocycles. The van der Waals surface area contributed by atoms with E-state index in [-0.39, 0.29) is 0 Å². The van der Waals surface area contributed by atoms with E-state index in [1.165, 1.54) is 5.56 Å². The van der Waals surface area contributed by atoms with Crippen LogP contribution < -0.4 is 15.4 Å². The molecule has 2 rings (SSSR count). The van der Waals surface area contributed by atoms with Crippen molar-refractivity contribution in [2.75, 3.05) is 17.7 Å². The molecule has 21 heavy (non-hydrogen) atoms. The molecule has 5 heteroatoms. The molecule has 0 saturated carbocycles. The third-order valence-electron chi connectivity index (χ3n) is 2.98. The van der Waals surface area contributed by atoms with Crippen LogP contribution in [0, 0.1) is 13.8 Å².